The molecule has 1 saturated heterocycles. The van der Waals surface area contributed by atoms with Crippen LogP contribution in [0, 0.1) is 11.8 Å². The van der Waals surface area contributed by atoms with Crippen molar-refractivity contribution < 1.29 is 15.7 Å². The van der Waals surface area contributed by atoms with Crippen molar-refractivity contribution in [3.05, 3.63) is 12.4 Å². The van der Waals surface area contributed by atoms with E-state index in [1.165, 1.54) is 0 Å². The molecule has 27 heavy (non-hydrogen) atoms. The van der Waals surface area contributed by atoms with E-state index in [9.17, 15) is 4.79 Å². The second-order valence-electron chi connectivity index (χ2n) is 7.54. The highest BCUT2D eigenvalue weighted by atomic mass is 16.5. The summed E-state index contributed by atoms with van der Waals surface area (Å²) in [5.74, 6) is 2.32. The van der Waals surface area contributed by atoms with Crippen LogP contribution >= 0.6 is 0 Å². The van der Waals surface area contributed by atoms with Gasteiger partial charge in [0.05, 0.1) is 38.3 Å². The molecule has 0 aromatic carbocycles. The molecular weight excluding hydrogens is 344 g/mol. The zero-order valence-electron chi connectivity index (χ0n) is 17.1. The zero-order chi connectivity index (χ0) is 19.6. The molecule has 7 heteroatoms. The molecule has 2 heterocycles. The van der Waals surface area contributed by atoms with Gasteiger partial charge in [0.1, 0.15) is 17.4 Å². The summed E-state index contributed by atoms with van der Waals surface area (Å²) < 4.78 is 10.9. The first-order chi connectivity index (χ1) is 13.0. The number of carbonyl (C=O) groups is 1. The van der Waals surface area contributed by atoms with Gasteiger partial charge < -0.3 is 19.7 Å². The Morgan fingerprint density at radius 1 is 1.19 bits per heavy atom. The quantitative estimate of drug-likeness (QED) is 0.591. The average molecular weight is 381 g/mol. The van der Waals surface area contributed by atoms with Crippen molar-refractivity contribution in [3.8, 4) is 0 Å². The van der Waals surface area contributed by atoms with Crippen molar-refractivity contribution >= 4 is 17.4 Å². The minimum absolute atomic E-state index is 0. The van der Waals surface area contributed by atoms with Gasteiger partial charge in [-0.2, -0.15) is 0 Å². The lowest BCUT2D eigenvalue weighted by Crippen LogP contribution is -2.37. The molecule has 0 amide bonds. The van der Waals surface area contributed by atoms with E-state index in [1.54, 1.807) is 12.4 Å². The molecule has 0 atom stereocenters. The largest absolute Gasteiger partial charge is 0.377 e. The molecule has 0 radical (unpaired) electrons. The summed E-state index contributed by atoms with van der Waals surface area (Å²) in [5, 5.41) is 3.21. The van der Waals surface area contributed by atoms with Crippen LogP contribution in [0.1, 0.15) is 42.0 Å². The summed E-state index contributed by atoms with van der Waals surface area (Å²) in [5.41, 5.74) is 0. The van der Waals surface area contributed by atoms with Crippen LogP contribution in [-0.4, -0.2) is 61.3 Å². The normalized spacial score (nSPS) is 15.6. The number of rotatable bonds is 11. The van der Waals surface area contributed by atoms with Crippen LogP contribution in [-0.2, 0) is 14.3 Å². The molecular formula is C20H36N4O3. The summed E-state index contributed by atoms with van der Waals surface area (Å²) in [6, 6.07) is 0. The van der Waals surface area contributed by atoms with E-state index < -0.39 is 0 Å². The predicted octanol–water partition coefficient (Wildman–Crippen LogP) is 3.02. The Morgan fingerprint density at radius 2 is 1.93 bits per heavy atom. The van der Waals surface area contributed by atoms with Crippen LogP contribution in [0.4, 0.5) is 11.6 Å². The number of nitrogens with one attached hydrogen (secondary N) is 1. The third kappa shape index (κ3) is 7.42. The van der Waals surface area contributed by atoms with E-state index in [0.29, 0.717) is 32.1 Å². The smallest absolute Gasteiger partial charge is 0.147 e. The van der Waals surface area contributed by atoms with Gasteiger partial charge in [-0.3, -0.25) is 4.79 Å². The van der Waals surface area contributed by atoms with Crippen LogP contribution in [0.5, 0.6) is 0 Å². The van der Waals surface area contributed by atoms with Gasteiger partial charge in [-0.05, 0) is 26.7 Å². The summed E-state index contributed by atoms with van der Waals surface area (Å²) in [6.45, 7) is 12.2. The molecule has 1 aliphatic heterocycles. The second-order valence-corrected chi connectivity index (χ2v) is 7.54. The molecule has 1 aliphatic rings. The van der Waals surface area contributed by atoms with Crippen molar-refractivity contribution in [1.82, 2.24) is 9.97 Å². The molecule has 1 fully saturated rings. The molecule has 1 aromatic rings. The summed E-state index contributed by atoms with van der Waals surface area (Å²) in [4.78, 5) is 23.3. The Kier molecular flexibility index (Phi) is 8.94. The lowest BCUT2D eigenvalue weighted by Gasteiger charge is -2.32. The maximum absolute atomic E-state index is 12.1. The van der Waals surface area contributed by atoms with Crippen molar-refractivity contribution in [2.45, 2.75) is 46.6 Å². The van der Waals surface area contributed by atoms with Crippen molar-refractivity contribution in [2.24, 2.45) is 11.8 Å². The fourth-order valence-electron chi connectivity index (χ4n) is 3.14. The number of aromatic nitrogens is 2. The number of nitrogens with zero attached hydrogens (tertiary/aromatic N) is 3. The Balaban J connectivity index is 0.00000392. The van der Waals surface area contributed by atoms with Gasteiger partial charge in [-0.1, -0.05) is 13.8 Å². The Morgan fingerprint density at radius 3 is 2.52 bits per heavy atom. The molecule has 1 aromatic heterocycles. The number of carbonyl (C=O) groups excluding carboxylic acids is 1. The monoisotopic (exact) mass is 380 g/mol. The third-order valence-corrected chi connectivity index (χ3v) is 4.66. The van der Waals surface area contributed by atoms with E-state index in [0.717, 1.165) is 37.6 Å². The van der Waals surface area contributed by atoms with E-state index in [-0.39, 0.29) is 19.4 Å². The molecule has 0 unspecified atom stereocenters. The molecule has 0 saturated carbocycles. The Bertz CT molecular complexity index is 561. The Labute approximate surface area is 164 Å². The number of hydrogen-bond donors (Lipinski definition) is 1. The van der Waals surface area contributed by atoms with Crippen LogP contribution in [0.15, 0.2) is 12.4 Å². The predicted molar refractivity (Wildman–Crippen MR) is 109 cm³/mol. The van der Waals surface area contributed by atoms with E-state index in [2.05, 4.69) is 20.2 Å². The molecule has 1 N–H and O–H groups in total. The van der Waals surface area contributed by atoms with Gasteiger partial charge in [-0.25, -0.2) is 9.97 Å². The Hall–Kier alpha value is -1.73. The van der Waals surface area contributed by atoms with Gasteiger partial charge >= 0.3 is 0 Å². The van der Waals surface area contributed by atoms with Crippen molar-refractivity contribution in [3.63, 3.8) is 0 Å². The minimum Gasteiger partial charge on any atom is -0.377 e. The topological polar surface area (TPSA) is 76.6 Å². The standard InChI is InChI=1S/C20H34N4O3.H2/c1-15(2)20(25)17-5-8-24(9-6-17)19-14-22-18(13-23-19)21-7-10-26-11-12-27-16(3)4;/h13-17H,5-12H2,1-4H3,(H,21,22);1H. The maximum Gasteiger partial charge on any atom is 0.147 e. The van der Waals surface area contributed by atoms with Gasteiger partial charge in [0, 0.05) is 32.9 Å². The van der Waals surface area contributed by atoms with Gasteiger partial charge in [-0.15, -0.1) is 0 Å². The molecule has 0 bridgehead atoms. The number of ether oxygens (including phenoxy) is 2. The first-order valence-corrected chi connectivity index (χ1v) is 10.0. The molecule has 0 spiro atoms. The average Bonchev–Trinajstić information content (AvgIpc) is 2.67. The lowest BCUT2D eigenvalue weighted by molar-refractivity contribution is -0.126. The molecule has 2 rings (SSSR count). The van der Waals surface area contributed by atoms with Gasteiger partial charge in [0.25, 0.3) is 0 Å². The van der Waals surface area contributed by atoms with Crippen LogP contribution < -0.4 is 10.2 Å². The fourth-order valence-corrected chi connectivity index (χ4v) is 3.14. The molecule has 7 nitrogen and oxygen atoms in total. The first kappa shape index (κ1) is 21.6. The number of ketones is 1. The number of piperidine rings is 1. The van der Waals surface area contributed by atoms with Crippen molar-refractivity contribution in [1.29, 1.82) is 0 Å². The summed E-state index contributed by atoms with van der Waals surface area (Å²) in [7, 11) is 0. The summed E-state index contributed by atoms with van der Waals surface area (Å²) in [6.07, 6.45) is 5.59. The maximum atomic E-state index is 12.1. The zero-order valence-corrected chi connectivity index (χ0v) is 17.1. The molecule has 0 aliphatic carbocycles. The number of anilines is 2. The highest BCUT2D eigenvalue weighted by Crippen LogP contribution is 2.24. The molecule has 154 valence electrons. The number of Topliss-reactive ketones (excluding diaryl/α,β-unsaturated/α-hetero) is 1. The highest BCUT2D eigenvalue weighted by molar-refractivity contribution is 5.83. The third-order valence-electron chi connectivity index (χ3n) is 4.66. The van der Waals surface area contributed by atoms with Gasteiger partial charge in [0.2, 0.25) is 0 Å². The fraction of sp³-hybridized carbons (Fsp3) is 0.750. The first-order valence-electron chi connectivity index (χ1n) is 10.0. The van der Waals surface area contributed by atoms with Crippen LogP contribution in [0.3, 0.4) is 0 Å². The van der Waals surface area contributed by atoms with Crippen LogP contribution in [0.25, 0.3) is 0 Å². The minimum atomic E-state index is 0. The van der Waals surface area contributed by atoms with Crippen molar-refractivity contribution in [2.75, 3.05) is 49.7 Å². The van der Waals surface area contributed by atoms with E-state index in [4.69, 9.17) is 9.47 Å². The summed E-state index contributed by atoms with van der Waals surface area (Å²) >= 11 is 0. The van der Waals surface area contributed by atoms with Gasteiger partial charge in [0.15, 0.2) is 0 Å². The van der Waals surface area contributed by atoms with Crippen LogP contribution in [0.2, 0.25) is 0 Å². The SMILES string of the molecule is CC(C)OCCOCCNc1cnc(N2CCC(C(=O)C(C)C)CC2)cn1.[HH]. The van der Waals surface area contributed by atoms with E-state index in [1.807, 2.05) is 27.7 Å². The second kappa shape index (κ2) is 11.2. The van der Waals surface area contributed by atoms with E-state index >= 15 is 0 Å². The number of hydrogen-bond acceptors (Lipinski definition) is 7. The highest BCUT2D eigenvalue weighted by Gasteiger charge is 2.26. The lowest BCUT2D eigenvalue weighted by atomic mass is 9.87.